The predicted molar refractivity (Wildman–Crippen MR) is 139 cm³/mol. The monoisotopic (exact) mass is 542 g/mol. The normalized spacial score (nSPS) is 20.4. The van der Waals surface area contributed by atoms with Gasteiger partial charge in [-0.1, -0.05) is 34.6 Å². The first-order valence-corrected chi connectivity index (χ1v) is 13.8. The summed E-state index contributed by atoms with van der Waals surface area (Å²) in [5.41, 5.74) is 1.59. The number of hydrogen-bond acceptors (Lipinski definition) is 6. The van der Waals surface area contributed by atoms with Crippen LogP contribution < -0.4 is 20.1 Å². The maximum atomic E-state index is 13.1. The van der Waals surface area contributed by atoms with Gasteiger partial charge in [0.05, 0.1) is 10.6 Å². The van der Waals surface area contributed by atoms with E-state index in [1.807, 2.05) is 33.0 Å². The SMILES string of the molecule is CNc1nc(C2CCC(C)(C)C(NS(=O)(=O)c3ccc(OC(F)(F)F)cc3)C2)ccc1NCC(C)(C)C. The number of halogens is 3. The summed E-state index contributed by atoms with van der Waals surface area (Å²) in [5.74, 6) is 0.313. The first-order valence-electron chi connectivity index (χ1n) is 12.3. The molecule has 0 bridgehead atoms. The zero-order valence-electron chi connectivity index (χ0n) is 22.2. The van der Waals surface area contributed by atoms with Gasteiger partial charge in [0.25, 0.3) is 0 Å². The molecular formula is C26H37F3N4O3S. The Labute approximate surface area is 217 Å². The maximum Gasteiger partial charge on any atom is 0.573 e. The number of rotatable bonds is 8. The molecule has 0 aliphatic heterocycles. The molecule has 1 heterocycles. The molecule has 1 aromatic carbocycles. The van der Waals surface area contributed by atoms with Crippen LogP contribution in [-0.4, -0.2) is 39.4 Å². The molecule has 3 rings (SSSR count). The highest BCUT2D eigenvalue weighted by molar-refractivity contribution is 7.89. The van der Waals surface area contributed by atoms with Crippen molar-refractivity contribution in [1.82, 2.24) is 9.71 Å². The largest absolute Gasteiger partial charge is 0.573 e. The molecule has 1 fully saturated rings. The second-order valence-corrected chi connectivity index (χ2v) is 13.2. The van der Waals surface area contributed by atoms with Gasteiger partial charge < -0.3 is 15.4 Å². The number of hydrogen-bond donors (Lipinski definition) is 3. The van der Waals surface area contributed by atoms with E-state index >= 15 is 0 Å². The molecule has 37 heavy (non-hydrogen) atoms. The van der Waals surface area contributed by atoms with Crippen LogP contribution in [0.3, 0.4) is 0 Å². The summed E-state index contributed by atoms with van der Waals surface area (Å²) >= 11 is 0. The molecule has 2 unspecified atom stereocenters. The van der Waals surface area contributed by atoms with E-state index in [1.54, 1.807) is 0 Å². The molecular weight excluding hydrogens is 505 g/mol. The van der Waals surface area contributed by atoms with Gasteiger partial charge in [-0.15, -0.1) is 13.2 Å². The van der Waals surface area contributed by atoms with E-state index in [9.17, 15) is 21.6 Å². The molecule has 0 spiro atoms. The van der Waals surface area contributed by atoms with Gasteiger partial charge >= 0.3 is 6.36 Å². The zero-order valence-corrected chi connectivity index (χ0v) is 23.0. The van der Waals surface area contributed by atoms with E-state index in [-0.39, 0.29) is 27.7 Å². The minimum atomic E-state index is -4.85. The van der Waals surface area contributed by atoms with Crippen LogP contribution in [0.4, 0.5) is 24.7 Å². The zero-order chi connectivity index (χ0) is 27.6. The van der Waals surface area contributed by atoms with Crippen molar-refractivity contribution >= 4 is 21.5 Å². The molecule has 0 radical (unpaired) electrons. The highest BCUT2D eigenvalue weighted by atomic mass is 32.2. The van der Waals surface area contributed by atoms with E-state index in [1.165, 1.54) is 0 Å². The van der Waals surface area contributed by atoms with Crippen molar-refractivity contribution in [1.29, 1.82) is 0 Å². The molecule has 3 N–H and O–H groups in total. The topological polar surface area (TPSA) is 92.4 Å². The summed E-state index contributed by atoms with van der Waals surface area (Å²) in [6, 6.07) is 7.82. The van der Waals surface area contributed by atoms with Gasteiger partial charge in [0, 0.05) is 31.2 Å². The Morgan fingerprint density at radius 1 is 1.08 bits per heavy atom. The number of sulfonamides is 1. The lowest BCUT2D eigenvalue weighted by Crippen LogP contribution is -2.48. The van der Waals surface area contributed by atoms with Crippen molar-refractivity contribution in [2.75, 3.05) is 24.2 Å². The second-order valence-electron chi connectivity index (χ2n) is 11.4. The van der Waals surface area contributed by atoms with Crippen LogP contribution in [0.25, 0.3) is 0 Å². The molecule has 7 nitrogen and oxygen atoms in total. The van der Waals surface area contributed by atoms with Crippen molar-refractivity contribution in [2.24, 2.45) is 10.8 Å². The molecule has 11 heteroatoms. The first-order chi connectivity index (χ1) is 17.0. The number of nitrogens with zero attached hydrogens (tertiary/aromatic N) is 1. The second kappa shape index (κ2) is 10.7. The van der Waals surface area contributed by atoms with Gasteiger partial charge in [-0.2, -0.15) is 0 Å². The van der Waals surface area contributed by atoms with E-state index < -0.39 is 22.1 Å². The highest BCUT2D eigenvalue weighted by Gasteiger charge is 2.40. The Morgan fingerprint density at radius 2 is 1.73 bits per heavy atom. The average molecular weight is 543 g/mol. The Kier molecular flexibility index (Phi) is 8.38. The number of nitrogens with one attached hydrogen (secondary N) is 3. The summed E-state index contributed by atoms with van der Waals surface area (Å²) in [6.07, 6.45) is -2.66. The minimum Gasteiger partial charge on any atom is -0.406 e. The summed E-state index contributed by atoms with van der Waals surface area (Å²) in [5, 5.41) is 6.59. The fraction of sp³-hybridized carbons (Fsp3) is 0.577. The van der Waals surface area contributed by atoms with Crippen LogP contribution in [-0.2, 0) is 10.0 Å². The number of benzene rings is 1. The number of alkyl halides is 3. The van der Waals surface area contributed by atoms with Gasteiger partial charge in [-0.3, -0.25) is 0 Å². The lowest BCUT2D eigenvalue weighted by atomic mass is 9.69. The maximum absolute atomic E-state index is 13.1. The van der Waals surface area contributed by atoms with E-state index in [0.717, 1.165) is 60.9 Å². The third-order valence-electron chi connectivity index (χ3n) is 6.65. The highest BCUT2D eigenvalue weighted by Crippen LogP contribution is 2.43. The molecule has 1 aliphatic carbocycles. The van der Waals surface area contributed by atoms with Gasteiger partial charge in [0.1, 0.15) is 11.6 Å². The number of anilines is 2. The van der Waals surface area contributed by atoms with Crippen LogP contribution in [0.1, 0.15) is 65.5 Å². The van der Waals surface area contributed by atoms with E-state index in [0.29, 0.717) is 6.42 Å². The van der Waals surface area contributed by atoms with Crippen LogP contribution in [0.5, 0.6) is 5.75 Å². The summed E-state index contributed by atoms with van der Waals surface area (Å²) in [4.78, 5) is 4.71. The quantitative estimate of drug-likeness (QED) is 0.372. The standard InChI is InChI=1S/C26H37F3N4O3S/c1-24(2,3)16-31-21-12-11-20(32-23(21)30-6)17-13-14-25(4,5)22(15-17)33-37(34,35)19-9-7-18(8-10-19)36-26(27,28)29/h7-12,17,22,31,33H,13-16H2,1-6H3,(H,30,32). The Hall–Kier alpha value is -2.53. The van der Waals surface area contributed by atoms with Gasteiger partial charge in [-0.05, 0) is 66.5 Å². The smallest absolute Gasteiger partial charge is 0.406 e. The number of pyridine rings is 1. The average Bonchev–Trinajstić information content (AvgIpc) is 2.77. The Morgan fingerprint density at radius 3 is 2.30 bits per heavy atom. The Balaban J connectivity index is 1.77. The Bertz CT molecular complexity index is 1180. The third-order valence-corrected chi connectivity index (χ3v) is 8.13. The van der Waals surface area contributed by atoms with Crippen molar-refractivity contribution in [3.8, 4) is 5.75 Å². The van der Waals surface area contributed by atoms with Crippen molar-refractivity contribution in [3.63, 3.8) is 0 Å². The van der Waals surface area contributed by atoms with Gasteiger partial charge in [-0.25, -0.2) is 18.1 Å². The fourth-order valence-corrected chi connectivity index (χ4v) is 5.81. The summed E-state index contributed by atoms with van der Waals surface area (Å²) < 4.78 is 70.2. The van der Waals surface area contributed by atoms with Crippen molar-refractivity contribution in [2.45, 2.75) is 77.1 Å². The summed E-state index contributed by atoms with van der Waals surface area (Å²) in [7, 11) is -2.15. The van der Waals surface area contributed by atoms with Gasteiger partial charge in [0.15, 0.2) is 0 Å². The van der Waals surface area contributed by atoms with E-state index in [2.05, 4.69) is 40.9 Å². The lowest BCUT2D eigenvalue weighted by molar-refractivity contribution is -0.274. The molecule has 1 saturated carbocycles. The van der Waals surface area contributed by atoms with Crippen molar-refractivity contribution in [3.05, 3.63) is 42.1 Å². The molecule has 0 amide bonds. The van der Waals surface area contributed by atoms with Gasteiger partial charge in [0.2, 0.25) is 10.0 Å². The predicted octanol–water partition coefficient (Wildman–Crippen LogP) is 6.12. The van der Waals surface area contributed by atoms with Crippen LogP contribution in [0.15, 0.2) is 41.3 Å². The molecule has 2 aromatic rings. The first kappa shape index (κ1) is 29.0. The minimum absolute atomic E-state index is 0.0482. The molecule has 1 aromatic heterocycles. The van der Waals surface area contributed by atoms with Crippen LogP contribution in [0.2, 0.25) is 0 Å². The van der Waals surface area contributed by atoms with Crippen molar-refractivity contribution < 1.29 is 26.3 Å². The van der Waals surface area contributed by atoms with E-state index in [4.69, 9.17) is 4.98 Å². The fourth-order valence-electron chi connectivity index (χ4n) is 4.39. The molecule has 2 atom stereocenters. The lowest BCUT2D eigenvalue weighted by Gasteiger charge is -2.42. The summed E-state index contributed by atoms with van der Waals surface area (Å²) in [6.45, 7) is 11.3. The molecule has 1 aliphatic rings. The molecule has 206 valence electrons. The van der Waals surface area contributed by atoms with Crippen LogP contribution in [0, 0.1) is 10.8 Å². The van der Waals surface area contributed by atoms with Crippen LogP contribution >= 0.6 is 0 Å². The number of ether oxygens (including phenoxy) is 1. The molecule has 0 saturated heterocycles. The third kappa shape index (κ3) is 7.98. The number of aromatic nitrogens is 1.